The van der Waals surface area contributed by atoms with Crippen molar-refractivity contribution >= 4 is 16.1 Å². The molecule has 7 rings (SSSR count). The fourth-order valence-electron chi connectivity index (χ4n) is 6.74. The number of benzene rings is 1. The molecular weight excluding hydrogens is 466 g/mol. The minimum absolute atomic E-state index is 0.155. The van der Waals surface area contributed by atoms with Gasteiger partial charge in [-0.3, -0.25) is 4.90 Å². The van der Waals surface area contributed by atoms with Gasteiger partial charge < -0.3 is 9.80 Å². The third kappa shape index (κ3) is 3.66. The summed E-state index contributed by atoms with van der Waals surface area (Å²) in [6.45, 7) is 5.59. The lowest BCUT2D eigenvalue weighted by Gasteiger charge is -2.63. The van der Waals surface area contributed by atoms with E-state index in [1.807, 2.05) is 32.9 Å². The lowest BCUT2D eigenvalue weighted by molar-refractivity contribution is -0.120. The molecule has 2 N–H and O–H groups in total. The largest absolute Gasteiger partial charge is 0.323 e. The Morgan fingerprint density at radius 3 is 2.31 bits per heavy atom. The number of nitrogens with zero attached hydrogens (tertiary/aromatic N) is 6. The van der Waals surface area contributed by atoms with E-state index in [1.54, 1.807) is 12.1 Å². The molecule has 1 aromatic heterocycles. The topological polar surface area (TPSA) is 118 Å². The van der Waals surface area contributed by atoms with Crippen LogP contribution in [0.4, 0.5) is 4.79 Å². The summed E-state index contributed by atoms with van der Waals surface area (Å²) in [4.78, 5) is 23.8. The molecule has 4 heterocycles. The number of amides is 2. The van der Waals surface area contributed by atoms with E-state index in [0.717, 1.165) is 63.5 Å². The number of primary sulfonamides is 1. The molecule has 2 amide bonds. The first kappa shape index (κ1) is 21.8. The highest BCUT2D eigenvalue weighted by atomic mass is 32.2. The zero-order valence-electron chi connectivity index (χ0n) is 19.7. The standard InChI is InChI=1S/C24H31N7O3S/c25-35(33,34)20-4-2-1-3-18(20)9-28-10-24(11-28)14-30(15-24)22(32)29-12-23(13-29)7-19(8-23)31-16-26-21(27-31)17-5-6-17/h1-4,16-17,19H,5-15H2,(H2,25,33,34). The average Bonchev–Trinajstić information content (AvgIpc) is 3.44. The zero-order chi connectivity index (χ0) is 24.0. The highest BCUT2D eigenvalue weighted by molar-refractivity contribution is 7.89. The van der Waals surface area contributed by atoms with Crippen LogP contribution in [0.3, 0.4) is 0 Å². The third-order valence-corrected chi connectivity index (χ3v) is 9.63. The van der Waals surface area contributed by atoms with Crippen LogP contribution in [0.2, 0.25) is 0 Å². The molecule has 2 spiro atoms. The maximum atomic E-state index is 13.0. The molecule has 3 aliphatic heterocycles. The van der Waals surface area contributed by atoms with Crippen molar-refractivity contribution in [1.82, 2.24) is 29.5 Å². The van der Waals surface area contributed by atoms with Crippen molar-refractivity contribution in [2.24, 2.45) is 16.0 Å². The van der Waals surface area contributed by atoms with Crippen LogP contribution in [-0.2, 0) is 16.6 Å². The Kier molecular flexibility index (Phi) is 4.52. The predicted molar refractivity (Wildman–Crippen MR) is 127 cm³/mol. The number of aromatic nitrogens is 3. The molecule has 0 radical (unpaired) electrons. The first-order chi connectivity index (χ1) is 16.7. The maximum Gasteiger partial charge on any atom is 0.320 e. The number of likely N-dealkylation sites (tertiary alicyclic amines) is 3. The van der Waals surface area contributed by atoms with Gasteiger partial charge in [-0.25, -0.2) is 28.0 Å². The first-order valence-electron chi connectivity index (χ1n) is 12.5. The summed E-state index contributed by atoms with van der Waals surface area (Å²) in [7, 11) is -3.73. The molecule has 0 atom stereocenters. The van der Waals surface area contributed by atoms with E-state index in [4.69, 9.17) is 5.14 Å². The van der Waals surface area contributed by atoms with Crippen LogP contribution >= 0.6 is 0 Å². The van der Waals surface area contributed by atoms with E-state index < -0.39 is 10.0 Å². The summed E-state index contributed by atoms with van der Waals surface area (Å²) in [5.74, 6) is 1.59. The Morgan fingerprint density at radius 1 is 1.00 bits per heavy atom. The van der Waals surface area contributed by atoms with Gasteiger partial charge in [0.05, 0.1) is 10.9 Å². The average molecular weight is 498 g/mol. The predicted octanol–water partition coefficient (Wildman–Crippen LogP) is 1.38. The number of urea groups is 1. The van der Waals surface area contributed by atoms with Gasteiger partial charge in [-0.05, 0) is 37.3 Å². The second kappa shape index (κ2) is 7.27. The Bertz CT molecular complexity index is 1280. The number of nitrogens with two attached hydrogens (primary N) is 1. The molecule has 5 aliphatic rings. The van der Waals surface area contributed by atoms with Crippen LogP contribution in [0.15, 0.2) is 35.5 Å². The van der Waals surface area contributed by atoms with Crippen molar-refractivity contribution in [3.05, 3.63) is 42.0 Å². The summed E-state index contributed by atoms with van der Waals surface area (Å²) < 4.78 is 25.7. The van der Waals surface area contributed by atoms with Crippen molar-refractivity contribution < 1.29 is 13.2 Å². The second-order valence-electron chi connectivity index (χ2n) is 11.7. The zero-order valence-corrected chi connectivity index (χ0v) is 20.5. The van der Waals surface area contributed by atoms with E-state index in [0.29, 0.717) is 18.5 Å². The monoisotopic (exact) mass is 497 g/mol. The number of rotatable bonds is 5. The van der Waals surface area contributed by atoms with E-state index >= 15 is 0 Å². The van der Waals surface area contributed by atoms with Gasteiger partial charge in [-0.2, -0.15) is 5.10 Å². The minimum atomic E-state index is -3.73. The van der Waals surface area contributed by atoms with Crippen LogP contribution in [-0.4, -0.2) is 83.2 Å². The van der Waals surface area contributed by atoms with E-state index in [9.17, 15) is 13.2 Å². The normalized spacial score (nSPS) is 25.2. The van der Waals surface area contributed by atoms with Gasteiger partial charge in [-0.1, -0.05) is 18.2 Å². The lowest BCUT2D eigenvalue weighted by Crippen LogP contribution is -2.75. The van der Waals surface area contributed by atoms with Gasteiger partial charge in [0.1, 0.15) is 6.33 Å². The van der Waals surface area contributed by atoms with Crippen LogP contribution < -0.4 is 5.14 Å². The van der Waals surface area contributed by atoms with E-state index in [2.05, 4.69) is 15.0 Å². The molecule has 2 saturated carbocycles. The highest BCUT2D eigenvalue weighted by Gasteiger charge is 2.58. The smallest absolute Gasteiger partial charge is 0.320 e. The molecular formula is C24H31N7O3S. The van der Waals surface area contributed by atoms with E-state index in [1.165, 1.54) is 12.8 Å². The van der Waals surface area contributed by atoms with Crippen LogP contribution in [0.5, 0.6) is 0 Å². The number of carbonyl (C=O) groups excluding carboxylic acids is 1. The van der Waals surface area contributed by atoms with Crippen molar-refractivity contribution in [2.45, 2.75) is 49.1 Å². The Balaban J connectivity index is 0.867. The molecule has 10 nitrogen and oxygen atoms in total. The Morgan fingerprint density at radius 2 is 1.66 bits per heavy atom. The van der Waals surface area contributed by atoms with Gasteiger partial charge in [0.25, 0.3) is 0 Å². The lowest BCUT2D eigenvalue weighted by atomic mass is 9.60. The van der Waals surface area contributed by atoms with Crippen LogP contribution in [0.25, 0.3) is 0 Å². The minimum Gasteiger partial charge on any atom is -0.323 e. The molecule has 0 unspecified atom stereocenters. The van der Waals surface area contributed by atoms with Crippen molar-refractivity contribution in [1.29, 1.82) is 0 Å². The summed E-state index contributed by atoms with van der Waals surface area (Å²) >= 11 is 0. The van der Waals surface area contributed by atoms with Gasteiger partial charge >= 0.3 is 6.03 Å². The number of carbonyl (C=O) groups is 1. The van der Waals surface area contributed by atoms with Gasteiger partial charge in [-0.15, -0.1) is 0 Å². The quantitative estimate of drug-likeness (QED) is 0.667. The van der Waals surface area contributed by atoms with Crippen molar-refractivity contribution in [3.63, 3.8) is 0 Å². The second-order valence-corrected chi connectivity index (χ2v) is 13.2. The van der Waals surface area contributed by atoms with Gasteiger partial charge in [0.15, 0.2) is 5.82 Å². The SMILES string of the molecule is NS(=O)(=O)c1ccccc1CN1CC2(C1)CN(C(=O)N1CC3(CC(n4cnc(C5CC5)n4)C3)C1)C2. The Labute approximate surface area is 205 Å². The summed E-state index contributed by atoms with van der Waals surface area (Å²) in [6.07, 6.45) is 6.50. The van der Waals surface area contributed by atoms with Gasteiger partial charge in [0.2, 0.25) is 10.0 Å². The number of hydrogen-bond acceptors (Lipinski definition) is 6. The van der Waals surface area contributed by atoms with E-state index in [-0.39, 0.29) is 21.8 Å². The molecule has 3 saturated heterocycles. The Hall–Kier alpha value is -2.50. The number of hydrogen-bond donors (Lipinski definition) is 1. The molecule has 2 aromatic rings. The molecule has 0 bridgehead atoms. The summed E-state index contributed by atoms with van der Waals surface area (Å²) in [5.41, 5.74) is 1.16. The summed E-state index contributed by atoms with van der Waals surface area (Å²) in [5, 5.41) is 10.0. The molecule has 11 heteroatoms. The molecule has 186 valence electrons. The summed E-state index contributed by atoms with van der Waals surface area (Å²) in [6, 6.07) is 7.51. The highest BCUT2D eigenvalue weighted by Crippen LogP contribution is 2.54. The third-order valence-electron chi connectivity index (χ3n) is 8.62. The first-order valence-corrected chi connectivity index (χ1v) is 14.0. The van der Waals surface area contributed by atoms with Crippen LogP contribution in [0.1, 0.15) is 49.0 Å². The van der Waals surface area contributed by atoms with Crippen molar-refractivity contribution in [2.75, 3.05) is 39.3 Å². The molecule has 5 fully saturated rings. The van der Waals surface area contributed by atoms with Crippen LogP contribution in [0, 0.1) is 10.8 Å². The van der Waals surface area contributed by atoms with Gasteiger partial charge in [0, 0.05) is 62.6 Å². The fraction of sp³-hybridized carbons (Fsp3) is 0.625. The molecule has 1 aromatic carbocycles. The number of sulfonamides is 1. The molecule has 2 aliphatic carbocycles. The van der Waals surface area contributed by atoms with Crippen molar-refractivity contribution in [3.8, 4) is 0 Å². The maximum absolute atomic E-state index is 13.0. The fourth-order valence-corrected chi connectivity index (χ4v) is 7.51. The molecule has 35 heavy (non-hydrogen) atoms.